The molecule has 0 spiro atoms. The van der Waals surface area contributed by atoms with Crippen LogP contribution >= 0.6 is 0 Å². The number of hydrogen-bond acceptors (Lipinski definition) is 4. The third kappa shape index (κ3) is 2.15. The van der Waals surface area contributed by atoms with Crippen LogP contribution in [0.4, 0.5) is 5.82 Å². The number of aromatic nitrogens is 5. The van der Waals surface area contributed by atoms with E-state index in [4.69, 9.17) is 5.73 Å². The monoisotopic (exact) mass is 326 g/mol. The Balaban J connectivity index is 1.78. The summed E-state index contributed by atoms with van der Waals surface area (Å²) >= 11 is 0. The van der Waals surface area contributed by atoms with Crippen molar-refractivity contribution in [3.63, 3.8) is 0 Å². The number of nitrogens with one attached hydrogen (secondary N) is 1. The molecule has 6 heteroatoms. The summed E-state index contributed by atoms with van der Waals surface area (Å²) in [6.45, 7) is 0. The van der Waals surface area contributed by atoms with Gasteiger partial charge >= 0.3 is 0 Å². The minimum absolute atomic E-state index is 0.488. The van der Waals surface area contributed by atoms with Gasteiger partial charge in [0, 0.05) is 59.4 Å². The molecule has 0 aliphatic heterocycles. The highest BCUT2D eigenvalue weighted by molar-refractivity contribution is 5.88. The van der Waals surface area contributed by atoms with Crippen LogP contribution in [0, 0.1) is 0 Å². The molecule has 0 aliphatic rings. The lowest BCUT2D eigenvalue weighted by Crippen LogP contribution is -1.96. The van der Waals surface area contributed by atoms with Gasteiger partial charge in [-0.15, -0.1) is 0 Å². The Labute approximate surface area is 143 Å². The van der Waals surface area contributed by atoms with Gasteiger partial charge in [-0.25, -0.2) is 9.97 Å². The molecule has 3 N–H and O–H groups in total. The largest absolute Gasteiger partial charge is 0.383 e. The van der Waals surface area contributed by atoms with Crippen LogP contribution in [0.5, 0.6) is 0 Å². The minimum atomic E-state index is 0.488. The van der Waals surface area contributed by atoms with Crippen LogP contribution < -0.4 is 5.73 Å². The third-order valence-electron chi connectivity index (χ3n) is 4.35. The van der Waals surface area contributed by atoms with E-state index in [0.29, 0.717) is 5.82 Å². The number of nitrogens with zero attached hydrogens (tertiary/aromatic N) is 4. The summed E-state index contributed by atoms with van der Waals surface area (Å²) in [5, 5.41) is 0. The van der Waals surface area contributed by atoms with E-state index < -0.39 is 0 Å². The van der Waals surface area contributed by atoms with Crippen LogP contribution in [0.15, 0.2) is 67.5 Å². The lowest BCUT2D eigenvalue weighted by Gasteiger charge is -2.10. The van der Waals surface area contributed by atoms with Crippen LogP contribution in [0.1, 0.15) is 0 Å². The van der Waals surface area contributed by atoms with E-state index in [2.05, 4.69) is 32.1 Å². The van der Waals surface area contributed by atoms with Gasteiger partial charge in [-0.2, -0.15) is 0 Å². The first-order chi connectivity index (χ1) is 12.3. The highest BCUT2D eigenvalue weighted by Crippen LogP contribution is 2.32. The van der Waals surface area contributed by atoms with E-state index in [9.17, 15) is 0 Å². The molecule has 0 fully saturated rings. The zero-order valence-electron chi connectivity index (χ0n) is 13.2. The fourth-order valence-electron chi connectivity index (χ4n) is 3.13. The molecule has 0 aliphatic carbocycles. The molecule has 6 nitrogen and oxygen atoms in total. The number of imidazole rings is 1. The van der Waals surface area contributed by atoms with Crippen molar-refractivity contribution >= 4 is 22.5 Å². The van der Waals surface area contributed by atoms with Crippen LogP contribution in [0.3, 0.4) is 0 Å². The second kappa shape index (κ2) is 5.17. The van der Waals surface area contributed by atoms with Crippen molar-refractivity contribution in [3.05, 3.63) is 67.5 Å². The summed E-state index contributed by atoms with van der Waals surface area (Å²) < 4.78 is 2.00. The zero-order chi connectivity index (χ0) is 16.8. The van der Waals surface area contributed by atoms with E-state index in [0.717, 1.165) is 38.9 Å². The fraction of sp³-hybridized carbons (Fsp3) is 0. The van der Waals surface area contributed by atoms with E-state index >= 15 is 0 Å². The number of nitrogens with two attached hydrogens (primary N) is 1. The van der Waals surface area contributed by atoms with Gasteiger partial charge in [-0.3, -0.25) is 4.98 Å². The van der Waals surface area contributed by atoms with E-state index in [1.807, 2.05) is 47.4 Å². The quantitative estimate of drug-likeness (QED) is 0.520. The minimum Gasteiger partial charge on any atom is -0.383 e. The van der Waals surface area contributed by atoms with Gasteiger partial charge in [0.15, 0.2) is 0 Å². The average molecular weight is 326 g/mol. The van der Waals surface area contributed by atoms with E-state index in [1.54, 1.807) is 12.4 Å². The standard InChI is InChI=1S/C19H14N6/c20-18-14(2-1-4-22-18)15-8-13(11-25-7-6-23-19(15)25)12-9-17-16(24-10-12)3-5-21-17/h1-11,21H,(H2,20,22). The van der Waals surface area contributed by atoms with Gasteiger partial charge in [-0.1, -0.05) is 0 Å². The number of H-pyrrole nitrogens is 1. The molecule has 5 heterocycles. The molecule has 5 aromatic heterocycles. The van der Waals surface area contributed by atoms with E-state index in [1.165, 1.54) is 0 Å². The number of fused-ring (bicyclic) bond motifs is 2. The number of rotatable bonds is 2. The summed E-state index contributed by atoms with van der Waals surface area (Å²) in [5.41, 5.74) is 12.8. The molecule has 0 aromatic carbocycles. The Hall–Kier alpha value is -3.67. The molecule has 0 radical (unpaired) electrons. The van der Waals surface area contributed by atoms with Crippen molar-refractivity contribution < 1.29 is 0 Å². The second-order valence-corrected chi connectivity index (χ2v) is 5.87. The number of nitrogen functional groups attached to an aromatic ring is 1. The van der Waals surface area contributed by atoms with Crippen molar-refractivity contribution in [1.29, 1.82) is 0 Å². The van der Waals surface area contributed by atoms with Crippen molar-refractivity contribution in [3.8, 4) is 22.3 Å². The highest BCUT2D eigenvalue weighted by Gasteiger charge is 2.12. The molecule has 5 rings (SSSR count). The number of hydrogen-bond donors (Lipinski definition) is 2. The predicted octanol–water partition coefficient (Wildman–Crippen LogP) is 3.52. The Morgan fingerprint density at radius 1 is 0.960 bits per heavy atom. The zero-order valence-corrected chi connectivity index (χ0v) is 13.2. The first-order valence-electron chi connectivity index (χ1n) is 7.91. The predicted molar refractivity (Wildman–Crippen MR) is 97.9 cm³/mol. The summed E-state index contributed by atoms with van der Waals surface area (Å²) in [6.07, 6.45) is 11.2. The summed E-state index contributed by atoms with van der Waals surface area (Å²) in [4.78, 5) is 16.4. The van der Waals surface area contributed by atoms with Crippen molar-refractivity contribution in [2.75, 3.05) is 5.73 Å². The molecule has 0 bridgehead atoms. The molecule has 5 aromatic rings. The normalized spacial score (nSPS) is 11.4. The van der Waals surface area contributed by atoms with Gasteiger partial charge in [0.25, 0.3) is 0 Å². The SMILES string of the molecule is Nc1ncccc1-c1cc(-c2cnc3cc[nH]c3c2)cn2ccnc12. The highest BCUT2D eigenvalue weighted by atomic mass is 15.0. The molecular formula is C19H14N6. The lowest BCUT2D eigenvalue weighted by molar-refractivity contribution is 1.19. The number of pyridine rings is 3. The first kappa shape index (κ1) is 13.7. The Kier molecular flexibility index (Phi) is 2.84. The Morgan fingerprint density at radius 2 is 1.92 bits per heavy atom. The van der Waals surface area contributed by atoms with E-state index in [-0.39, 0.29) is 0 Å². The smallest absolute Gasteiger partial charge is 0.144 e. The fourth-order valence-corrected chi connectivity index (χ4v) is 3.13. The van der Waals surface area contributed by atoms with Gasteiger partial charge in [-0.05, 0) is 30.3 Å². The molecule has 0 atom stereocenters. The molecule has 0 saturated carbocycles. The lowest BCUT2D eigenvalue weighted by atomic mass is 10.0. The van der Waals surface area contributed by atoms with Crippen molar-refractivity contribution in [2.45, 2.75) is 0 Å². The van der Waals surface area contributed by atoms with Crippen molar-refractivity contribution in [1.82, 2.24) is 24.3 Å². The first-order valence-corrected chi connectivity index (χ1v) is 7.91. The summed E-state index contributed by atoms with van der Waals surface area (Å²) in [5.74, 6) is 0.488. The van der Waals surface area contributed by atoms with Gasteiger partial charge in [0.2, 0.25) is 0 Å². The molecule has 0 amide bonds. The Morgan fingerprint density at radius 3 is 2.84 bits per heavy atom. The average Bonchev–Trinajstić information content (AvgIpc) is 3.29. The number of aromatic amines is 1. The van der Waals surface area contributed by atoms with Crippen LogP contribution in [0.25, 0.3) is 38.9 Å². The van der Waals surface area contributed by atoms with Gasteiger partial charge in [0.1, 0.15) is 11.5 Å². The summed E-state index contributed by atoms with van der Waals surface area (Å²) in [7, 11) is 0. The maximum atomic E-state index is 6.10. The third-order valence-corrected chi connectivity index (χ3v) is 4.35. The topological polar surface area (TPSA) is 84.9 Å². The van der Waals surface area contributed by atoms with Crippen molar-refractivity contribution in [2.24, 2.45) is 0 Å². The second-order valence-electron chi connectivity index (χ2n) is 5.87. The summed E-state index contributed by atoms with van der Waals surface area (Å²) in [6, 6.07) is 9.98. The molecule has 25 heavy (non-hydrogen) atoms. The maximum absolute atomic E-state index is 6.10. The Bertz CT molecular complexity index is 1220. The number of anilines is 1. The molecule has 0 unspecified atom stereocenters. The van der Waals surface area contributed by atoms with Gasteiger partial charge in [0.05, 0.1) is 11.0 Å². The van der Waals surface area contributed by atoms with Crippen LogP contribution in [-0.4, -0.2) is 24.3 Å². The maximum Gasteiger partial charge on any atom is 0.144 e. The molecule has 120 valence electrons. The van der Waals surface area contributed by atoms with Gasteiger partial charge < -0.3 is 15.1 Å². The molecular weight excluding hydrogens is 312 g/mol. The van der Waals surface area contributed by atoms with Crippen LogP contribution in [-0.2, 0) is 0 Å². The van der Waals surface area contributed by atoms with Crippen LogP contribution in [0.2, 0.25) is 0 Å². The molecule has 0 saturated heterocycles.